The molecule has 0 aromatic heterocycles. The highest BCUT2D eigenvalue weighted by atomic mass is 16.5. The van der Waals surface area contributed by atoms with Gasteiger partial charge < -0.3 is 24.3 Å². The SMILES string of the molecule is CCCCCC1CCC(c2ccc(-c3ccc(C(=O)Nc4ccc(-c5cc6c7c(c8c(c6c6cccc(OC(=O)c9ccc(-c%10ccc(C%11CCC(CCCCC)CC%11)cc%10)cc9)c56)OC(c5ccc(OC)cc5)(c5ccc(OCCCC)cc5)C=C8)C(C)(C)c5cc(C)ccc5-7)cc4)cc3)cc2)CC1. The summed E-state index contributed by atoms with van der Waals surface area (Å²) in [5, 5.41) is 6.73. The molecule has 0 spiro atoms. The van der Waals surface area contributed by atoms with Crippen LogP contribution < -0.4 is 24.3 Å². The first kappa shape index (κ1) is 70.7. The summed E-state index contributed by atoms with van der Waals surface area (Å²) in [6, 6.07) is 73.8. The fraction of sp³-hybridized carbons (Fsp3) is 0.327. The van der Waals surface area contributed by atoms with Crippen LogP contribution in [-0.2, 0) is 11.0 Å². The molecular weight excluding hydrogens is 1290 g/mol. The van der Waals surface area contributed by atoms with E-state index in [-0.39, 0.29) is 5.91 Å². The molecule has 2 fully saturated rings. The van der Waals surface area contributed by atoms with Gasteiger partial charge in [-0.3, -0.25) is 4.79 Å². The number of aryl methyl sites for hydroxylation is 1. The number of hydrogen-bond acceptors (Lipinski definition) is 6. The highest BCUT2D eigenvalue weighted by molar-refractivity contribution is 6.24. The molecule has 1 unspecified atom stereocenters. The fourth-order valence-corrected chi connectivity index (χ4v) is 17.8. The molecule has 1 aliphatic heterocycles. The smallest absolute Gasteiger partial charge is 0.343 e. The monoisotopic (exact) mass is 1390 g/mol. The Hall–Kier alpha value is -9.98. The Bertz CT molecular complexity index is 4940. The number of methoxy groups -OCH3 is 1. The fourth-order valence-electron chi connectivity index (χ4n) is 17.8. The van der Waals surface area contributed by atoms with Crippen molar-refractivity contribution in [2.24, 2.45) is 11.8 Å². The van der Waals surface area contributed by atoms with E-state index in [0.29, 0.717) is 41.0 Å². The number of benzene rings is 11. The van der Waals surface area contributed by atoms with Gasteiger partial charge in [-0.25, -0.2) is 4.79 Å². The average Bonchev–Trinajstić information content (AvgIpc) is 1.59. The van der Waals surface area contributed by atoms with Crippen molar-refractivity contribution in [3.63, 3.8) is 0 Å². The van der Waals surface area contributed by atoms with Crippen LogP contribution in [0.3, 0.4) is 0 Å². The molecule has 534 valence electrons. The van der Waals surface area contributed by atoms with E-state index in [9.17, 15) is 4.79 Å². The van der Waals surface area contributed by atoms with Gasteiger partial charge in [-0.1, -0.05) is 244 Å². The zero-order valence-corrected chi connectivity index (χ0v) is 62.6. The molecule has 15 rings (SSSR count). The lowest BCUT2D eigenvalue weighted by atomic mass is 9.76. The van der Waals surface area contributed by atoms with Gasteiger partial charge in [-0.05, 0) is 245 Å². The van der Waals surface area contributed by atoms with E-state index in [0.717, 1.165) is 119 Å². The summed E-state index contributed by atoms with van der Waals surface area (Å²) in [5.41, 5.74) is 17.9. The highest BCUT2D eigenvalue weighted by Crippen LogP contribution is 2.61. The molecule has 1 amide bonds. The number of unbranched alkanes of at least 4 members (excludes halogenated alkanes) is 5. The summed E-state index contributed by atoms with van der Waals surface area (Å²) in [6.07, 6.45) is 27.7. The van der Waals surface area contributed by atoms with Crippen LogP contribution in [0.5, 0.6) is 23.0 Å². The Morgan fingerprint density at radius 2 is 1.05 bits per heavy atom. The van der Waals surface area contributed by atoms with E-state index in [1.54, 1.807) is 7.11 Å². The van der Waals surface area contributed by atoms with Gasteiger partial charge >= 0.3 is 5.97 Å². The van der Waals surface area contributed by atoms with Gasteiger partial charge in [0.05, 0.1) is 19.3 Å². The Morgan fingerprint density at radius 1 is 0.514 bits per heavy atom. The first-order valence-corrected chi connectivity index (χ1v) is 39.3. The molecule has 1 N–H and O–H groups in total. The molecule has 1 atom stereocenters. The predicted octanol–water partition coefficient (Wildman–Crippen LogP) is 26.3. The number of fused-ring (bicyclic) bond motifs is 10. The number of amides is 1. The Morgan fingerprint density at radius 3 is 1.60 bits per heavy atom. The molecule has 11 aromatic rings. The van der Waals surface area contributed by atoms with Crippen molar-refractivity contribution in [3.8, 4) is 67.5 Å². The molecular formula is C98H101NO6. The number of ether oxygens (including phenoxy) is 4. The molecule has 105 heavy (non-hydrogen) atoms. The van der Waals surface area contributed by atoms with Crippen molar-refractivity contribution >= 4 is 45.2 Å². The summed E-state index contributed by atoms with van der Waals surface area (Å²) >= 11 is 0. The second-order valence-corrected chi connectivity index (χ2v) is 31.1. The summed E-state index contributed by atoms with van der Waals surface area (Å²) < 4.78 is 26.9. The molecule has 11 aromatic carbocycles. The Balaban J connectivity index is 0.794. The number of anilines is 1. The van der Waals surface area contributed by atoms with Crippen LogP contribution in [-0.4, -0.2) is 25.6 Å². The van der Waals surface area contributed by atoms with Crippen LogP contribution >= 0.6 is 0 Å². The molecule has 0 saturated heterocycles. The van der Waals surface area contributed by atoms with E-state index >= 15 is 4.79 Å². The average molecular weight is 1390 g/mol. The number of esters is 1. The second-order valence-electron chi connectivity index (χ2n) is 31.1. The molecule has 7 nitrogen and oxygen atoms in total. The van der Waals surface area contributed by atoms with Crippen molar-refractivity contribution in [1.82, 2.24) is 0 Å². The quantitative estimate of drug-likeness (QED) is 0.0281. The van der Waals surface area contributed by atoms with Gasteiger partial charge in [0.15, 0.2) is 5.60 Å². The molecule has 3 aliphatic carbocycles. The van der Waals surface area contributed by atoms with E-state index in [4.69, 9.17) is 18.9 Å². The molecule has 4 aliphatic rings. The third kappa shape index (κ3) is 14.4. The topological polar surface area (TPSA) is 83.1 Å². The van der Waals surface area contributed by atoms with Crippen molar-refractivity contribution in [3.05, 3.63) is 274 Å². The number of carbonyl (C=O) groups excluding carboxylic acids is 2. The third-order valence-electron chi connectivity index (χ3n) is 23.9. The van der Waals surface area contributed by atoms with Gasteiger partial charge in [0.2, 0.25) is 0 Å². The number of carbonyl (C=O) groups is 2. The number of rotatable bonds is 24. The molecule has 2 saturated carbocycles. The van der Waals surface area contributed by atoms with Crippen LogP contribution in [0.15, 0.2) is 218 Å². The minimum Gasteiger partial charge on any atom is -0.497 e. The van der Waals surface area contributed by atoms with Gasteiger partial charge in [0.25, 0.3) is 5.91 Å². The highest BCUT2D eigenvalue weighted by Gasteiger charge is 2.45. The zero-order chi connectivity index (χ0) is 72.2. The first-order chi connectivity index (χ1) is 51.3. The largest absolute Gasteiger partial charge is 0.497 e. The summed E-state index contributed by atoms with van der Waals surface area (Å²) in [6.45, 7) is 14.2. The van der Waals surface area contributed by atoms with Crippen molar-refractivity contribution in [2.75, 3.05) is 19.0 Å². The number of hydrogen-bond donors (Lipinski definition) is 1. The lowest BCUT2D eigenvalue weighted by molar-refractivity contribution is 0.0737. The van der Waals surface area contributed by atoms with Gasteiger partial charge in [0, 0.05) is 44.1 Å². The molecule has 7 heteroatoms. The summed E-state index contributed by atoms with van der Waals surface area (Å²) in [5.74, 6) is 5.02. The van der Waals surface area contributed by atoms with Crippen molar-refractivity contribution < 1.29 is 28.5 Å². The predicted molar refractivity (Wildman–Crippen MR) is 434 cm³/mol. The van der Waals surface area contributed by atoms with Crippen LogP contribution in [0.25, 0.3) is 72.1 Å². The third-order valence-corrected chi connectivity index (χ3v) is 23.9. The van der Waals surface area contributed by atoms with Gasteiger partial charge in [0.1, 0.15) is 23.0 Å². The minimum absolute atomic E-state index is 0.195. The molecule has 0 bridgehead atoms. The van der Waals surface area contributed by atoms with E-state index in [2.05, 4.69) is 186 Å². The maximum absolute atomic E-state index is 15.0. The van der Waals surface area contributed by atoms with E-state index in [1.165, 1.54) is 136 Å². The normalized spacial score (nSPS) is 18.6. The Kier molecular flexibility index (Phi) is 20.9. The zero-order valence-electron chi connectivity index (χ0n) is 62.6. The van der Waals surface area contributed by atoms with Gasteiger partial charge in [-0.15, -0.1) is 0 Å². The minimum atomic E-state index is -1.12. The van der Waals surface area contributed by atoms with Crippen molar-refractivity contribution in [1.29, 1.82) is 0 Å². The molecule has 0 radical (unpaired) electrons. The van der Waals surface area contributed by atoms with Crippen LogP contribution in [0.4, 0.5) is 5.69 Å². The standard InChI is InChI=1S/C98H101NO6/c1-8-11-14-17-65-22-26-67(27-23-65)69-30-34-71(35-31-69)73-38-42-76(43-39-73)95(100)99-80-52-46-75(47-53-80)86-63-87-91-83-58-21-64(4)62-88(83)97(5,6)93(91)85-59-60-98(78-48-54-81(102-7)55-49-78,79-50-56-82(57-51-79)103-61-13-10-3)105-94(85)92(87)84-19-16-20-89(90(84)86)104-96(101)77-44-40-74(41-45-77)72-36-32-70(33-37-72)68-28-24-66(25-29-68)18-15-12-9-2/h16,19-21,30-60,62-63,65-68H,8-15,17-18,22-29,61H2,1-7H3,(H,99,100). The lowest BCUT2D eigenvalue weighted by Gasteiger charge is -2.39. The maximum atomic E-state index is 15.0. The molecule has 1 heterocycles. The van der Waals surface area contributed by atoms with Gasteiger partial charge in [-0.2, -0.15) is 0 Å². The van der Waals surface area contributed by atoms with Crippen LogP contribution in [0, 0.1) is 18.8 Å². The van der Waals surface area contributed by atoms with E-state index < -0.39 is 17.0 Å². The van der Waals surface area contributed by atoms with Crippen molar-refractivity contribution in [2.45, 2.75) is 180 Å². The first-order valence-electron chi connectivity index (χ1n) is 39.3. The lowest BCUT2D eigenvalue weighted by Crippen LogP contribution is -2.35. The van der Waals surface area contributed by atoms with Crippen LogP contribution in [0.2, 0.25) is 0 Å². The van der Waals surface area contributed by atoms with E-state index in [1.807, 2.05) is 84.9 Å². The second kappa shape index (κ2) is 31.0. The summed E-state index contributed by atoms with van der Waals surface area (Å²) in [4.78, 5) is 29.3. The van der Waals surface area contributed by atoms with Crippen LogP contribution in [0.1, 0.15) is 227 Å². The maximum Gasteiger partial charge on any atom is 0.343 e. The Labute approximate surface area is 622 Å². The summed E-state index contributed by atoms with van der Waals surface area (Å²) in [7, 11) is 1.69. The number of nitrogens with one attached hydrogen (secondary N) is 1.